The lowest BCUT2D eigenvalue weighted by atomic mass is 10.3. The van der Waals surface area contributed by atoms with Gasteiger partial charge >= 0.3 is 5.97 Å². The van der Waals surface area contributed by atoms with Gasteiger partial charge < -0.3 is 20.3 Å². The van der Waals surface area contributed by atoms with Crippen LogP contribution >= 0.6 is 0 Å². The number of rotatable bonds is 4. The third-order valence-corrected chi connectivity index (χ3v) is 1.72. The maximum Gasteiger partial charge on any atom is 0.322 e. The van der Waals surface area contributed by atoms with Gasteiger partial charge in [-0.15, -0.1) is 0 Å². The molecule has 70 valence electrons. The minimum atomic E-state index is -1.03. The van der Waals surface area contributed by atoms with Gasteiger partial charge in [0.2, 0.25) is 0 Å². The van der Waals surface area contributed by atoms with Crippen molar-refractivity contribution in [3.05, 3.63) is 0 Å². The fraction of sp³-hybridized carbons (Fsp3) is 0.857. The van der Waals surface area contributed by atoms with Gasteiger partial charge in [0.1, 0.15) is 6.04 Å². The molecule has 1 saturated heterocycles. The van der Waals surface area contributed by atoms with Gasteiger partial charge in [0, 0.05) is 6.61 Å². The Kier molecular flexibility index (Phi) is 3.46. The molecule has 0 saturated carbocycles. The summed E-state index contributed by atoms with van der Waals surface area (Å²) in [6.07, 6.45) is 0.849. The van der Waals surface area contributed by atoms with Crippen LogP contribution in [0.3, 0.4) is 0 Å². The van der Waals surface area contributed by atoms with Gasteiger partial charge in [0.15, 0.2) is 0 Å². The quantitative estimate of drug-likeness (QED) is 0.584. The molecular formula is C7H13NO4. The summed E-state index contributed by atoms with van der Waals surface area (Å²) < 4.78 is 10.2. The monoisotopic (exact) mass is 175 g/mol. The van der Waals surface area contributed by atoms with Crippen molar-refractivity contribution in [2.45, 2.75) is 18.6 Å². The highest BCUT2D eigenvalue weighted by molar-refractivity contribution is 5.73. The number of hydrogen-bond donors (Lipinski definition) is 2. The van der Waals surface area contributed by atoms with E-state index in [1.54, 1.807) is 0 Å². The molecule has 1 heterocycles. The van der Waals surface area contributed by atoms with Crippen LogP contribution in [0.25, 0.3) is 0 Å². The molecule has 1 fully saturated rings. The summed E-state index contributed by atoms with van der Waals surface area (Å²) in [5.41, 5.74) is 5.23. The molecule has 1 aliphatic rings. The van der Waals surface area contributed by atoms with Crippen LogP contribution in [0.15, 0.2) is 0 Å². The minimum absolute atomic E-state index is 0.0235. The van der Waals surface area contributed by atoms with Crippen LogP contribution < -0.4 is 5.73 Å². The van der Waals surface area contributed by atoms with Gasteiger partial charge in [-0.25, -0.2) is 0 Å². The molecule has 5 heteroatoms. The molecule has 0 radical (unpaired) electrons. The van der Waals surface area contributed by atoms with E-state index < -0.39 is 12.0 Å². The second kappa shape index (κ2) is 4.39. The second-order valence-electron chi connectivity index (χ2n) is 2.76. The van der Waals surface area contributed by atoms with Gasteiger partial charge in [-0.05, 0) is 6.42 Å². The van der Waals surface area contributed by atoms with Crippen molar-refractivity contribution >= 4 is 5.97 Å². The highest BCUT2D eigenvalue weighted by Crippen LogP contribution is 2.07. The van der Waals surface area contributed by atoms with E-state index in [-0.39, 0.29) is 12.7 Å². The Bertz CT molecular complexity index is 155. The third kappa shape index (κ3) is 2.77. The minimum Gasteiger partial charge on any atom is -0.480 e. The van der Waals surface area contributed by atoms with Crippen molar-refractivity contribution < 1.29 is 19.4 Å². The van der Waals surface area contributed by atoms with E-state index in [2.05, 4.69) is 0 Å². The van der Waals surface area contributed by atoms with Crippen LogP contribution in [0.2, 0.25) is 0 Å². The molecule has 0 amide bonds. The Morgan fingerprint density at radius 1 is 1.83 bits per heavy atom. The molecule has 1 aliphatic heterocycles. The molecule has 0 aromatic rings. The number of aliphatic carboxylic acids is 1. The van der Waals surface area contributed by atoms with Crippen molar-refractivity contribution in [3.8, 4) is 0 Å². The van der Waals surface area contributed by atoms with E-state index in [1.807, 2.05) is 0 Å². The standard InChI is InChI=1S/C7H13NO4/c8-6(7(9)10)4-12-5-1-2-11-3-5/h5-6H,1-4,8H2,(H,9,10)/t5?,6-/m0/s1. The normalized spacial score (nSPS) is 25.6. The van der Waals surface area contributed by atoms with E-state index in [9.17, 15) is 4.79 Å². The lowest BCUT2D eigenvalue weighted by Crippen LogP contribution is -2.36. The summed E-state index contributed by atoms with van der Waals surface area (Å²) in [5.74, 6) is -1.03. The molecule has 5 nitrogen and oxygen atoms in total. The SMILES string of the molecule is N[C@@H](COC1CCOC1)C(=O)O. The van der Waals surface area contributed by atoms with Crippen LogP contribution in [0.1, 0.15) is 6.42 Å². The van der Waals surface area contributed by atoms with E-state index >= 15 is 0 Å². The van der Waals surface area contributed by atoms with Crippen LogP contribution in [0.4, 0.5) is 0 Å². The highest BCUT2D eigenvalue weighted by atomic mass is 16.5. The van der Waals surface area contributed by atoms with Gasteiger partial charge in [0.25, 0.3) is 0 Å². The van der Waals surface area contributed by atoms with Crippen molar-refractivity contribution in [2.75, 3.05) is 19.8 Å². The zero-order valence-corrected chi connectivity index (χ0v) is 6.73. The van der Waals surface area contributed by atoms with Gasteiger partial charge in [-0.3, -0.25) is 4.79 Å². The Morgan fingerprint density at radius 3 is 3.08 bits per heavy atom. The van der Waals surface area contributed by atoms with Crippen LogP contribution in [-0.4, -0.2) is 43.0 Å². The number of carbonyl (C=O) groups is 1. The zero-order valence-electron chi connectivity index (χ0n) is 6.73. The summed E-state index contributed by atoms with van der Waals surface area (Å²) in [5, 5.41) is 8.42. The van der Waals surface area contributed by atoms with Crippen molar-refractivity contribution in [1.82, 2.24) is 0 Å². The first-order valence-electron chi connectivity index (χ1n) is 3.88. The predicted octanol–water partition coefficient (Wildman–Crippen LogP) is -0.796. The molecule has 0 aromatic heterocycles. The lowest BCUT2D eigenvalue weighted by Gasteiger charge is -2.11. The number of nitrogens with two attached hydrogens (primary N) is 1. The molecular weight excluding hydrogens is 162 g/mol. The lowest BCUT2D eigenvalue weighted by molar-refractivity contribution is -0.140. The molecule has 0 spiro atoms. The predicted molar refractivity (Wildman–Crippen MR) is 40.8 cm³/mol. The first-order valence-corrected chi connectivity index (χ1v) is 3.88. The van der Waals surface area contributed by atoms with Crippen molar-refractivity contribution in [1.29, 1.82) is 0 Å². The van der Waals surface area contributed by atoms with E-state index in [4.69, 9.17) is 20.3 Å². The van der Waals surface area contributed by atoms with Crippen LogP contribution in [-0.2, 0) is 14.3 Å². The summed E-state index contributed by atoms with van der Waals surface area (Å²) in [6.45, 7) is 1.29. The number of hydrogen-bond acceptors (Lipinski definition) is 4. The molecule has 1 unspecified atom stereocenters. The molecule has 0 aromatic carbocycles. The van der Waals surface area contributed by atoms with Crippen LogP contribution in [0.5, 0.6) is 0 Å². The van der Waals surface area contributed by atoms with E-state index in [0.29, 0.717) is 13.2 Å². The maximum absolute atomic E-state index is 10.3. The Labute approximate surface area is 70.4 Å². The molecule has 2 atom stereocenters. The van der Waals surface area contributed by atoms with Crippen LogP contribution in [0, 0.1) is 0 Å². The second-order valence-corrected chi connectivity index (χ2v) is 2.76. The van der Waals surface area contributed by atoms with E-state index in [0.717, 1.165) is 6.42 Å². The van der Waals surface area contributed by atoms with E-state index in [1.165, 1.54) is 0 Å². The smallest absolute Gasteiger partial charge is 0.322 e. The average Bonchev–Trinajstić information content (AvgIpc) is 2.51. The Balaban J connectivity index is 2.11. The first-order chi connectivity index (χ1) is 5.70. The van der Waals surface area contributed by atoms with Gasteiger partial charge in [0.05, 0.1) is 19.3 Å². The van der Waals surface area contributed by atoms with Gasteiger partial charge in [-0.2, -0.15) is 0 Å². The summed E-state index contributed by atoms with van der Waals surface area (Å²) in [6, 6.07) is -0.925. The molecule has 0 bridgehead atoms. The Hall–Kier alpha value is -0.650. The molecule has 1 rings (SSSR count). The average molecular weight is 175 g/mol. The fourth-order valence-corrected chi connectivity index (χ4v) is 0.955. The van der Waals surface area contributed by atoms with Crippen molar-refractivity contribution in [3.63, 3.8) is 0 Å². The third-order valence-electron chi connectivity index (χ3n) is 1.72. The number of ether oxygens (including phenoxy) is 2. The maximum atomic E-state index is 10.3. The fourth-order valence-electron chi connectivity index (χ4n) is 0.955. The van der Waals surface area contributed by atoms with Crippen molar-refractivity contribution in [2.24, 2.45) is 5.73 Å². The largest absolute Gasteiger partial charge is 0.480 e. The first kappa shape index (κ1) is 9.44. The summed E-state index contributed by atoms with van der Waals surface area (Å²) >= 11 is 0. The Morgan fingerprint density at radius 2 is 2.58 bits per heavy atom. The number of carboxylic acids is 1. The molecule has 0 aliphatic carbocycles. The van der Waals surface area contributed by atoms with Gasteiger partial charge in [-0.1, -0.05) is 0 Å². The molecule has 12 heavy (non-hydrogen) atoms. The number of carboxylic acid groups (broad SMARTS) is 1. The molecule has 3 N–H and O–H groups in total. The summed E-state index contributed by atoms with van der Waals surface area (Å²) in [4.78, 5) is 10.3. The summed E-state index contributed by atoms with van der Waals surface area (Å²) in [7, 11) is 0. The topological polar surface area (TPSA) is 81.8 Å². The zero-order chi connectivity index (χ0) is 8.97. The highest BCUT2D eigenvalue weighted by Gasteiger charge is 2.19.